The first kappa shape index (κ1) is 23.5. The summed E-state index contributed by atoms with van der Waals surface area (Å²) >= 11 is 0. The van der Waals surface area contributed by atoms with Crippen LogP contribution in [0.5, 0.6) is 5.75 Å². The number of ether oxygens (including phenoxy) is 1. The van der Waals surface area contributed by atoms with Crippen molar-refractivity contribution < 1.29 is 19.0 Å². The molecular weight excluding hydrogens is 421 g/mol. The molecule has 2 heterocycles. The summed E-state index contributed by atoms with van der Waals surface area (Å²) in [5, 5.41) is 9.21. The van der Waals surface area contributed by atoms with Crippen LogP contribution in [0.15, 0.2) is 36.4 Å². The fraction of sp³-hybridized carbons (Fsp3) is 0.500. The number of fused-ring (bicyclic) bond motifs is 1. The van der Waals surface area contributed by atoms with Gasteiger partial charge in [-0.1, -0.05) is 0 Å². The molecule has 0 saturated carbocycles. The SMILES string of the molecule is CN(C)[C@@H]1CCN(c2ccc(N3CCc4cc(OC(C)(C)CCO)ccc4C3=O)cc2F)C1. The minimum atomic E-state index is -0.491. The van der Waals surface area contributed by atoms with Crippen molar-refractivity contribution in [3.63, 3.8) is 0 Å². The third-order valence-corrected chi connectivity index (χ3v) is 6.74. The fourth-order valence-corrected chi connectivity index (χ4v) is 4.72. The summed E-state index contributed by atoms with van der Waals surface area (Å²) in [5.74, 6) is 0.268. The summed E-state index contributed by atoms with van der Waals surface area (Å²) < 4.78 is 21.1. The summed E-state index contributed by atoms with van der Waals surface area (Å²) in [5.41, 5.74) is 2.23. The molecule has 6 nitrogen and oxygen atoms in total. The molecule has 0 spiro atoms. The Morgan fingerprint density at radius 3 is 2.64 bits per heavy atom. The second-order valence-electron chi connectivity index (χ2n) is 9.85. The molecule has 178 valence electrons. The molecule has 2 aromatic rings. The van der Waals surface area contributed by atoms with Crippen LogP contribution in [0.1, 0.15) is 42.6 Å². The molecular formula is C26H34FN3O3. The van der Waals surface area contributed by atoms with Gasteiger partial charge < -0.3 is 24.5 Å². The minimum Gasteiger partial charge on any atom is -0.488 e. The van der Waals surface area contributed by atoms with Gasteiger partial charge in [0.25, 0.3) is 5.91 Å². The number of benzene rings is 2. The number of hydrogen-bond donors (Lipinski definition) is 1. The van der Waals surface area contributed by atoms with Crippen molar-refractivity contribution in [1.29, 1.82) is 0 Å². The number of nitrogens with zero attached hydrogens (tertiary/aromatic N) is 3. The normalized spacial score (nSPS) is 18.8. The highest BCUT2D eigenvalue weighted by atomic mass is 19.1. The number of carbonyl (C=O) groups excluding carboxylic acids is 1. The number of anilines is 2. The number of aliphatic hydroxyl groups is 1. The molecule has 0 radical (unpaired) electrons. The molecule has 1 fully saturated rings. The Hall–Kier alpha value is -2.64. The zero-order valence-electron chi connectivity index (χ0n) is 20.0. The lowest BCUT2D eigenvalue weighted by molar-refractivity contribution is 0.0764. The highest BCUT2D eigenvalue weighted by Crippen LogP contribution is 2.32. The van der Waals surface area contributed by atoms with E-state index in [1.807, 2.05) is 26.0 Å². The van der Waals surface area contributed by atoms with Crippen LogP contribution in [-0.4, -0.2) is 67.9 Å². The maximum atomic E-state index is 15.1. The molecule has 4 rings (SSSR count). The lowest BCUT2D eigenvalue weighted by Gasteiger charge is -2.31. The van der Waals surface area contributed by atoms with Crippen molar-refractivity contribution in [2.45, 2.75) is 44.8 Å². The van der Waals surface area contributed by atoms with Gasteiger partial charge in [-0.05, 0) is 82.7 Å². The van der Waals surface area contributed by atoms with E-state index in [1.165, 1.54) is 6.07 Å². The van der Waals surface area contributed by atoms with Gasteiger partial charge in [0.1, 0.15) is 17.2 Å². The van der Waals surface area contributed by atoms with Crippen molar-refractivity contribution in [2.24, 2.45) is 0 Å². The zero-order valence-corrected chi connectivity index (χ0v) is 20.0. The van der Waals surface area contributed by atoms with Crippen molar-refractivity contribution in [1.82, 2.24) is 4.90 Å². The second kappa shape index (κ2) is 9.31. The topological polar surface area (TPSA) is 56.3 Å². The summed E-state index contributed by atoms with van der Waals surface area (Å²) in [4.78, 5) is 19.1. The van der Waals surface area contributed by atoms with Crippen LogP contribution >= 0.6 is 0 Å². The van der Waals surface area contributed by atoms with Gasteiger partial charge in [-0.2, -0.15) is 0 Å². The molecule has 1 N–H and O–H groups in total. The van der Waals surface area contributed by atoms with E-state index >= 15 is 4.39 Å². The van der Waals surface area contributed by atoms with Gasteiger partial charge in [0.05, 0.1) is 5.69 Å². The van der Waals surface area contributed by atoms with Crippen LogP contribution < -0.4 is 14.5 Å². The third-order valence-electron chi connectivity index (χ3n) is 6.74. The van der Waals surface area contributed by atoms with E-state index in [2.05, 4.69) is 23.9 Å². The largest absolute Gasteiger partial charge is 0.488 e. The summed E-state index contributed by atoms with van der Waals surface area (Å²) in [6.07, 6.45) is 2.20. The molecule has 33 heavy (non-hydrogen) atoms. The quantitative estimate of drug-likeness (QED) is 0.690. The van der Waals surface area contributed by atoms with E-state index in [1.54, 1.807) is 23.1 Å². The van der Waals surface area contributed by atoms with Crippen molar-refractivity contribution in [3.8, 4) is 5.75 Å². The third kappa shape index (κ3) is 4.99. The van der Waals surface area contributed by atoms with E-state index in [0.29, 0.717) is 48.1 Å². The lowest BCUT2D eigenvalue weighted by Crippen LogP contribution is -2.38. The maximum absolute atomic E-state index is 15.1. The number of halogens is 1. The van der Waals surface area contributed by atoms with Crippen molar-refractivity contribution >= 4 is 17.3 Å². The standard InChI is InChI=1S/C26H34FN3O3/c1-26(2,11-14-31)33-21-6-7-22-18(15-21)9-13-30(25(22)32)19-5-8-24(23(27)16-19)29-12-10-20(17-29)28(3)4/h5-8,15-16,20,31H,9-14,17H2,1-4H3/t20-/m1/s1. The zero-order chi connectivity index (χ0) is 23.8. The number of likely N-dealkylation sites (N-methyl/N-ethyl adjacent to an activating group) is 1. The Balaban J connectivity index is 1.50. The number of hydrogen-bond acceptors (Lipinski definition) is 5. The van der Waals surface area contributed by atoms with E-state index in [9.17, 15) is 9.90 Å². The smallest absolute Gasteiger partial charge is 0.258 e. The monoisotopic (exact) mass is 455 g/mol. The van der Waals surface area contributed by atoms with E-state index in [0.717, 1.165) is 25.1 Å². The summed E-state index contributed by atoms with van der Waals surface area (Å²) in [7, 11) is 4.11. The molecule has 2 aromatic carbocycles. The Kier molecular flexibility index (Phi) is 6.64. The van der Waals surface area contributed by atoms with Crippen LogP contribution in [0, 0.1) is 5.82 Å². The Morgan fingerprint density at radius 2 is 1.97 bits per heavy atom. The fourth-order valence-electron chi connectivity index (χ4n) is 4.72. The minimum absolute atomic E-state index is 0.0503. The highest BCUT2D eigenvalue weighted by Gasteiger charge is 2.29. The Morgan fingerprint density at radius 1 is 1.18 bits per heavy atom. The summed E-state index contributed by atoms with van der Waals surface area (Å²) in [6, 6.07) is 11.0. The van der Waals surface area contributed by atoms with Gasteiger partial charge in [0.2, 0.25) is 0 Å². The molecule has 1 saturated heterocycles. The van der Waals surface area contributed by atoms with Gasteiger partial charge in [0.15, 0.2) is 0 Å². The van der Waals surface area contributed by atoms with Crippen LogP contribution in [0.25, 0.3) is 0 Å². The number of aliphatic hydroxyl groups excluding tert-OH is 1. The maximum Gasteiger partial charge on any atom is 0.258 e. The molecule has 0 aromatic heterocycles. The first-order valence-electron chi connectivity index (χ1n) is 11.6. The molecule has 1 amide bonds. The molecule has 7 heteroatoms. The number of carbonyl (C=O) groups is 1. The Bertz CT molecular complexity index is 1020. The van der Waals surface area contributed by atoms with Gasteiger partial charge in [0, 0.05) is 50.0 Å². The molecule has 0 bridgehead atoms. The van der Waals surface area contributed by atoms with Gasteiger partial charge in [-0.15, -0.1) is 0 Å². The van der Waals surface area contributed by atoms with Gasteiger partial charge in [-0.25, -0.2) is 4.39 Å². The molecule has 2 aliphatic heterocycles. The first-order chi connectivity index (χ1) is 15.7. The summed E-state index contributed by atoms with van der Waals surface area (Å²) in [6.45, 7) is 6.02. The van der Waals surface area contributed by atoms with Gasteiger partial charge >= 0.3 is 0 Å². The van der Waals surface area contributed by atoms with E-state index < -0.39 is 5.60 Å². The van der Waals surface area contributed by atoms with Crippen LogP contribution in [-0.2, 0) is 6.42 Å². The Labute approximate surface area is 195 Å². The average molecular weight is 456 g/mol. The first-order valence-corrected chi connectivity index (χ1v) is 11.6. The van der Waals surface area contributed by atoms with Crippen molar-refractivity contribution in [3.05, 3.63) is 53.3 Å². The number of rotatable bonds is 7. The predicted octanol–water partition coefficient (Wildman–Crippen LogP) is 3.71. The van der Waals surface area contributed by atoms with Crippen molar-refractivity contribution in [2.75, 3.05) is 50.1 Å². The van der Waals surface area contributed by atoms with Crippen LogP contribution in [0.3, 0.4) is 0 Å². The number of amides is 1. The van der Waals surface area contributed by atoms with E-state index in [4.69, 9.17) is 4.74 Å². The second-order valence-corrected chi connectivity index (χ2v) is 9.85. The van der Waals surface area contributed by atoms with E-state index in [-0.39, 0.29) is 18.3 Å². The lowest BCUT2D eigenvalue weighted by atomic mass is 9.97. The van der Waals surface area contributed by atoms with Crippen LogP contribution in [0.4, 0.5) is 15.8 Å². The molecule has 0 aliphatic carbocycles. The van der Waals surface area contributed by atoms with Gasteiger partial charge in [-0.3, -0.25) is 4.79 Å². The molecule has 2 aliphatic rings. The average Bonchev–Trinajstić information content (AvgIpc) is 3.24. The highest BCUT2D eigenvalue weighted by molar-refractivity contribution is 6.08. The predicted molar refractivity (Wildman–Crippen MR) is 129 cm³/mol. The van der Waals surface area contributed by atoms with Crippen LogP contribution in [0.2, 0.25) is 0 Å². The molecule has 0 unspecified atom stereocenters. The molecule has 1 atom stereocenters.